The number of carbonyl (C=O) groups is 1. The lowest BCUT2D eigenvalue weighted by atomic mass is 10.0. The van der Waals surface area contributed by atoms with Gasteiger partial charge in [-0.05, 0) is 44.0 Å². The van der Waals surface area contributed by atoms with Crippen LogP contribution in [0.4, 0.5) is 0 Å². The highest BCUT2D eigenvalue weighted by Gasteiger charge is 2.33. The Balaban J connectivity index is 1.76. The monoisotopic (exact) mass is 392 g/mol. The summed E-state index contributed by atoms with van der Waals surface area (Å²) < 4.78 is 27.0. The maximum Gasteiger partial charge on any atom is 0.263 e. The first kappa shape index (κ1) is 19.8. The number of rotatable bonds is 6. The van der Waals surface area contributed by atoms with Gasteiger partial charge in [-0.15, -0.1) is 0 Å². The van der Waals surface area contributed by atoms with Crippen LogP contribution in [0.5, 0.6) is 0 Å². The number of hydrogen-bond acceptors (Lipinski definition) is 5. The van der Waals surface area contributed by atoms with Crippen molar-refractivity contribution in [1.82, 2.24) is 14.9 Å². The third-order valence-electron chi connectivity index (χ3n) is 5.25. The first-order chi connectivity index (χ1) is 12.8. The van der Waals surface area contributed by atoms with E-state index in [0.29, 0.717) is 18.2 Å². The van der Waals surface area contributed by atoms with Crippen molar-refractivity contribution in [2.24, 2.45) is 10.9 Å². The molecule has 27 heavy (non-hydrogen) atoms. The van der Waals surface area contributed by atoms with Gasteiger partial charge >= 0.3 is 0 Å². The van der Waals surface area contributed by atoms with Crippen molar-refractivity contribution in [3.05, 3.63) is 29.8 Å². The van der Waals surface area contributed by atoms with E-state index in [1.165, 1.54) is 0 Å². The third-order valence-corrected chi connectivity index (χ3v) is 6.65. The smallest absolute Gasteiger partial charge is 0.263 e. The van der Waals surface area contributed by atoms with Gasteiger partial charge < -0.3 is 5.32 Å². The van der Waals surface area contributed by atoms with Crippen LogP contribution in [0.2, 0.25) is 0 Å². The van der Waals surface area contributed by atoms with E-state index in [-0.39, 0.29) is 22.6 Å². The summed E-state index contributed by atoms with van der Waals surface area (Å²) in [4.78, 5) is 19.9. The number of aliphatic imine (C=N–C) groups is 1. The highest BCUT2D eigenvalue weighted by molar-refractivity contribution is 7.90. The van der Waals surface area contributed by atoms with Crippen molar-refractivity contribution >= 4 is 21.8 Å². The summed E-state index contributed by atoms with van der Waals surface area (Å²) in [7, 11) is -3.61. The van der Waals surface area contributed by atoms with Gasteiger partial charge in [0.15, 0.2) is 0 Å². The molecular formula is C19H28N4O3S. The minimum absolute atomic E-state index is 0.0550. The SMILES string of the molecule is CCN1CCCC1CNC(=O)[C@@H](N=C1NS(=O)(=O)c2ccccc21)C(C)C. The maximum absolute atomic E-state index is 12.8. The Hall–Kier alpha value is -1.93. The highest BCUT2D eigenvalue weighted by atomic mass is 32.2. The fourth-order valence-corrected chi connectivity index (χ4v) is 4.98. The second kappa shape index (κ2) is 7.98. The van der Waals surface area contributed by atoms with Gasteiger partial charge in [-0.2, -0.15) is 0 Å². The van der Waals surface area contributed by atoms with Crippen molar-refractivity contribution in [3.8, 4) is 0 Å². The normalized spacial score (nSPS) is 24.0. The van der Waals surface area contributed by atoms with Crippen LogP contribution in [0.25, 0.3) is 0 Å². The van der Waals surface area contributed by atoms with Crippen LogP contribution in [0.15, 0.2) is 34.2 Å². The standard InChI is InChI=1S/C19H28N4O3S/c1-4-23-11-7-8-14(23)12-20-19(24)17(13(2)3)21-18-15-9-5-6-10-16(15)27(25,26)22-18/h5-6,9-10,13-14,17H,4,7-8,11-12H2,1-3H3,(H,20,24)(H,21,22)/t14?,17-/m0/s1. The lowest BCUT2D eigenvalue weighted by Crippen LogP contribution is -2.44. The second-order valence-electron chi connectivity index (χ2n) is 7.44. The van der Waals surface area contributed by atoms with Crippen LogP contribution in [-0.2, 0) is 14.8 Å². The molecule has 1 aromatic carbocycles. The molecule has 0 aliphatic carbocycles. The van der Waals surface area contributed by atoms with Crippen molar-refractivity contribution in [1.29, 1.82) is 0 Å². The molecule has 2 N–H and O–H groups in total. The molecule has 2 aliphatic rings. The summed E-state index contributed by atoms with van der Waals surface area (Å²) in [6, 6.07) is 6.41. The lowest BCUT2D eigenvalue weighted by Gasteiger charge is -2.24. The Morgan fingerprint density at radius 2 is 2.11 bits per heavy atom. The molecule has 1 amide bonds. The topological polar surface area (TPSA) is 90.9 Å². The Morgan fingerprint density at radius 3 is 2.81 bits per heavy atom. The van der Waals surface area contributed by atoms with Gasteiger partial charge in [-0.3, -0.25) is 19.4 Å². The van der Waals surface area contributed by atoms with Crippen molar-refractivity contribution in [3.63, 3.8) is 0 Å². The first-order valence-corrected chi connectivity index (χ1v) is 11.0. The molecule has 0 aromatic heterocycles. The first-order valence-electron chi connectivity index (χ1n) is 9.55. The van der Waals surface area contributed by atoms with E-state index in [2.05, 4.69) is 26.9 Å². The molecule has 1 fully saturated rings. The number of amidine groups is 1. The molecule has 1 unspecified atom stereocenters. The van der Waals surface area contributed by atoms with Crippen LogP contribution in [0.1, 0.15) is 39.2 Å². The average molecular weight is 393 g/mol. The predicted molar refractivity (Wildman–Crippen MR) is 105 cm³/mol. The van der Waals surface area contributed by atoms with Gasteiger partial charge in [-0.1, -0.05) is 32.9 Å². The van der Waals surface area contributed by atoms with E-state index >= 15 is 0 Å². The minimum Gasteiger partial charge on any atom is -0.353 e. The molecule has 0 bridgehead atoms. The van der Waals surface area contributed by atoms with Crippen molar-refractivity contribution < 1.29 is 13.2 Å². The van der Waals surface area contributed by atoms with E-state index in [9.17, 15) is 13.2 Å². The fraction of sp³-hybridized carbons (Fsp3) is 0.579. The average Bonchev–Trinajstić information content (AvgIpc) is 3.19. The van der Waals surface area contributed by atoms with Crippen molar-refractivity contribution in [2.75, 3.05) is 19.6 Å². The molecule has 8 heteroatoms. The van der Waals surface area contributed by atoms with Gasteiger partial charge in [0.2, 0.25) is 5.91 Å². The van der Waals surface area contributed by atoms with Gasteiger partial charge in [0.1, 0.15) is 11.9 Å². The molecule has 3 rings (SSSR count). The molecule has 0 spiro atoms. The second-order valence-corrected chi connectivity index (χ2v) is 9.09. The quantitative estimate of drug-likeness (QED) is 0.765. The molecule has 2 atom stereocenters. The summed E-state index contributed by atoms with van der Waals surface area (Å²) in [5, 5.41) is 3.02. The van der Waals surface area contributed by atoms with E-state index in [0.717, 1.165) is 25.9 Å². The van der Waals surface area contributed by atoms with Crippen molar-refractivity contribution in [2.45, 2.75) is 50.6 Å². The number of sulfonamides is 1. The molecule has 0 saturated carbocycles. The minimum atomic E-state index is -3.61. The van der Waals surface area contributed by atoms with Crippen LogP contribution in [-0.4, -0.2) is 56.8 Å². The van der Waals surface area contributed by atoms with Crippen LogP contribution in [0.3, 0.4) is 0 Å². The van der Waals surface area contributed by atoms with E-state index in [1.807, 2.05) is 13.8 Å². The number of amides is 1. The van der Waals surface area contributed by atoms with E-state index in [1.54, 1.807) is 24.3 Å². The molecule has 2 aliphatic heterocycles. The Labute approximate surface area is 161 Å². The van der Waals surface area contributed by atoms with Gasteiger partial charge in [0.25, 0.3) is 10.0 Å². The number of likely N-dealkylation sites (N-methyl/N-ethyl adjacent to an activating group) is 1. The summed E-state index contributed by atoms with van der Waals surface area (Å²) in [6.45, 7) is 8.62. The van der Waals surface area contributed by atoms with Crippen LogP contribution in [0, 0.1) is 5.92 Å². The van der Waals surface area contributed by atoms with Crippen LogP contribution >= 0.6 is 0 Å². The number of fused-ring (bicyclic) bond motifs is 1. The zero-order chi connectivity index (χ0) is 19.6. The third kappa shape index (κ3) is 4.16. The molecule has 148 valence electrons. The Bertz CT molecular complexity index is 835. The zero-order valence-corrected chi connectivity index (χ0v) is 16.9. The fourth-order valence-electron chi connectivity index (χ4n) is 3.74. The lowest BCUT2D eigenvalue weighted by molar-refractivity contribution is -0.123. The number of benzene rings is 1. The van der Waals surface area contributed by atoms with Gasteiger partial charge in [-0.25, -0.2) is 8.42 Å². The number of nitrogens with one attached hydrogen (secondary N) is 2. The van der Waals surface area contributed by atoms with E-state index in [4.69, 9.17) is 0 Å². The Morgan fingerprint density at radius 1 is 1.37 bits per heavy atom. The summed E-state index contributed by atoms with van der Waals surface area (Å²) in [5.41, 5.74) is 0.518. The predicted octanol–water partition coefficient (Wildman–Crippen LogP) is 1.35. The summed E-state index contributed by atoms with van der Waals surface area (Å²) in [5.74, 6) is 0.0279. The zero-order valence-electron chi connectivity index (χ0n) is 16.1. The molecule has 7 nitrogen and oxygen atoms in total. The van der Waals surface area contributed by atoms with Gasteiger partial charge in [0.05, 0.1) is 4.90 Å². The highest BCUT2D eigenvalue weighted by Crippen LogP contribution is 2.23. The molecule has 1 saturated heterocycles. The number of carbonyl (C=O) groups excluding carboxylic acids is 1. The molecule has 2 heterocycles. The molecule has 0 radical (unpaired) electrons. The van der Waals surface area contributed by atoms with Crippen LogP contribution < -0.4 is 10.0 Å². The number of nitrogens with zero attached hydrogens (tertiary/aromatic N) is 2. The number of hydrogen-bond donors (Lipinski definition) is 2. The largest absolute Gasteiger partial charge is 0.353 e. The summed E-state index contributed by atoms with van der Waals surface area (Å²) in [6.07, 6.45) is 2.24. The maximum atomic E-state index is 12.8. The Kier molecular flexibility index (Phi) is 5.86. The molecule has 1 aromatic rings. The van der Waals surface area contributed by atoms with Gasteiger partial charge in [0, 0.05) is 18.2 Å². The number of likely N-dealkylation sites (tertiary alicyclic amines) is 1. The summed E-state index contributed by atoms with van der Waals surface area (Å²) >= 11 is 0. The van der Waals surface area contributed by atoms with E-state index < -0.39 is 16.1 Å². The molecular weight excluding hydrogens is 364 g/mol.